The highest BCUT2D eigenvalue weighted by Crippen LogP contribution is 2.11. The minimum atomic E-state index is 0.846. The van der Waals surface area contributed by atoms with Gasteiger partial charge in [-0.3, -0.25) is 0 Å². The summed E-state index contributed by atoms with van der Waals surface area (Å²) in [5, 5.41) is 0. The first-order valence-electron chi connectivity index (χ1n) is 4.15. The molecule has 0 aromatic heterocycles. The number of nitrogens with zero attached hydrogens (tertiary/aromatic N) is 1. The van der Waals surface area contributed by atoms with E-state index in [4.69, 9.17) is 0 Å². The molecule has 0 aromatic rings. The predicted octanol–water partition coefficient (Wildman–Crippen LogP) is 2.30. The summed E-state index contributed by atoms with van der Waals surface area (Å²) in [5.41, 5.74) is 0. The van der Waals surface area contributed by atoms with E-state index in [9.17, 15) is 0 Å². The average molecular weight is 253 g/mol. The Balaban J connectivity index is 2.01. The van der Waals surface area contributed by atoms with Crippen molar-refractivity contribution < 1.29 is 0 Å². The first-order chi connectivity index (χ1) is 4.79. The quantitative estimate of drug-likeness (QED) is 0.551. The van der Waals surface area contributed by atoms with Crippen LogP contribution in [0.1, 0.15) is 26.2 Å². The van der Waals surface area contributed by atoms with Gasteiger partial charge in [-0.25, -0.2) is 0 Å². The highest BCUT2D eigenvalue weighted by atomic mass is 127. The highest BCUT2D eigenvalue weighted by molar-refractivity contribution is 14.1. The van der Waals surface area contributed by atoms with Crippen molar-refractivity contribution in [3.05, 3.63) is 0 Å². The Hall–Kier alpha value is 0.690. The van der Waals surface area contributed by atoms with Crippen molar-refractivity contribution in [2.24, 2.45) is 0 Å². The van der Waals surface area contributed by atoms with Crippen molar-refractivity contribution >= 4 is 22.6 Å². The van der Waals surface area contributed by atoms with E-state index in [2.05, 4.69) is 34.4 Å². The summed E-state index contributed by atoms with van der Waals surface area (Å²) in [4.78, 5) is 2.58. The van der Waals surface area contributed by atoms with Gasteiger partial charge in [0.2, 0.25) is 0 Å². The molecule has 0 amide bonds. The van der Waals surface area contributed by atoms with Gasteiger partial charge in [-0.15, -0.1) is 0 Å². The third kappa shape index (κ3) is 3.19. The molecule has 0 spiro atoms. The monoisotopic (exact) mass is 253 g/mol. The second kappa shape index (κ2) is 4.54. The Bertz CT molecular complexity index is 87.3. The number of halogens is 1. The summed E-state index contributed by atoms with van der Waals surface area (Å²) in [7, 11) is 0. The molecule has 1 aliphatic rings. The van der Waals surface area contributed by atoms with Gasteiger partial charge < -0.3 is 4.90 Å². The van der Waals surface area contributed by atoms with Gasteiger partial charge in [-0.05, 0) is 38.9 Å². The van der Waals surface area contributed by atoms with Gasteiger partial charge in [0.25, 0.3) is 0 Å². The lowest BCUT2D eigenvalue weighted by atomic mass is 10.3. The van der Waals surface area contributed by atoms with E-state index in [0.29, 0.717) is 0 Å². The zero-order valence-corrected chi connectivity index (χ0v) is 8.80. The van der Waals surface area contributed by atoms with Crippen molar-refractivity contribution in [2.45, 2.75) is 30.1 Å². The molecule has 0 aromatic carbocycles. The third-order valence-electron chi connectivity index (χ3n) is 2.04. The summed E-state index contributed by atoms with van der Waals surface area (Å²) in [6.07, 6.45) is 4.21. The summed E-state index contributed by atoms with van der Waals surface area (Å²) < 4.78 is 0.846. The van der Waals surface area contributed by atoms with E-state index in [1.807, 2.05) is 0 Å². The zero-order valence-electron chi connectivity index (χ0n) is 6.65. The van der Waals surface area contributed by atoms with Crippen LogP contribution in [-0.2, 0) is 0 Å². The van der Waals surface area contributed by atoms with E-state index < -0.39 is 0 Å². The molecule has 0 aliphatic carbocycles. The smallest absolute Gasteiger partial charge is 0.00934 e. The van der Waals surface area contributed by atoms with Crippen molar-refractivity contribution in [3.63, 3.8) is 0 Å². The van der Waals surface area contributed by atoms with Gasteiger partial charge in [-0.2, -0.15) is 0 Å². The van der Waals surface area contributed by atoms with Crippen molar-refractivity contribution in [3.8, 4) is 0 Å². The van der Waals surface area contributed by atoms with Crippen LogP contribution in [0.25, 0.3) is 0 Å². The van der Waals surface area contributed by atoms with Crippen LogP contribution in [0.2, 0.25) is 0 Å². The molecule has 0 N–H and O–H groups in total. The maximum atomic E-state index is 2.58. The van der Waals surface area contributed by atoms with E-state index in [1.165, 1.54) is 38.9 Å². The van der Waals surface area contributed by atoms with Gasteiger partial charge in [0.05, 0.1) is 0 Å². The summed E-state index contributed by atoms with van der Waals surface area (Å²) in [5.74, 6) is 0. The highest BCUT2D eigenvalue weighted by Gasteiger charge is 2.10. The van der Waals surface area contributed by atoms with Crippen LogP contribution < -0.4 is 0 Å². The predicted molar refractivity (Wildman–Crippen MR) is 53.8 cm³/mol. The lowest BCUT2D eigenvalue weighted by molar-refractivity contribution is 0.335. The molecule has 1 heterocycles. The second-order valence-corrected chi connectivity index (χ2v) is 5.24. The molecule has 60 valence electrons. The van der Waals surface area contributed by atoms with Crippen molar-refractivity contribution in [2.75, 3.05) is 19.6 Å². The molecule has 0 bridgehead atoms. The van der Waals surface area contributed by atoms with Crippen LogP contribution in [0.5, 0.6) is 0 Å². The number of hydrogen-bond acceptors (Lipinski definition) is 1. The number of alkyl halides is 1. The molecule has 1 unspecified atom stereocenters. The number of likely N-dealkylation sites (tertiary alicyclic amines) is 1. The second-order valence-electron chi connectivity index (χ2n) is 3.12. The van der Waals surface area contributed by atoms with Crippen molar-refractivity contribution in [1.29, 1.82) is 0 Å². The minimum absolute atomic E-state index is 0.846. The Morgan fingerprint density at radius 2 is 2.00 bits per heavy atom. The van der Waals surface area contributed by atoms with Gasteiger partial charge in [0.15, 0.2) is 0 Å². The molecule has 1 fully saturated rings. The first kappa shape index (κ1) is 8.78. The molecule has 0 saturated carbocycles. The van der Waals surface area contributed by atoms with Gasteiger partial charge in [-0.1, -0.05) is 29.5 Å². The van der Waals surface area contributed by atoms with Gasteiger partial charge >= 0.3 is 0 Å². The third-order valence-corrected chi connectivity index (χ3v) is 2.66. The number of rotatable bonds is 3. The van der Waals surface area contributed by atoms with Crippen LogP contribution in [0, 0.1) is 0 Å². The molecule has 10 heavy (non-hydrogen) atoms. The average Bonchev–Trinajstić information content (AvgIpc) is 2.34. The zero-order chi connectivity index (χ0) is 7.40. The number of hydrogen-bond donors (Lipinski definition) is 0. The van der Waals surface area contributed by atoms with E-state index >= 15 is 0 Å². The maximum absolute atomic E-state index is 2.58. The van der Waals surface area contributed by atoms with Crippen LogP contribution in [0.15, 0.2) is 0 Å². The van der Waals surface area contributed by atoms with Crippen LogP contribution in [-0.4, -0.2) is 28.5 Å². The van der Waals surface area contributed by atoms with E-state index in [1.54, 1.807) is 0 Å². The fraction of sp³-hybridized carbons (Fsp3) is 1.00. The van der Waals surface area contributed by atoms with Crippen LogP contribution in [0.4, 0.5) is 0 Å². The lowest BCUT2D eigenvalue weighted by Crippen LogP contribution is -2.21. The fourth-order valence-electron chi connectivity index (χ4n) is 1.37. The molecular formula is C8H16IN. The molecule has 1 rings (SSSR count). The molecule has 1 saturated heterocycles. The molecule has 1 nitrogen and oxygen atoms in total. The molecular weight excluding hydrogens is 237 g/mol. The normalized spacial score (nSPS) is 23.4. The molecule has 0 radical (unpaired) electrons. The standard InChI is InChI=1S/C8H16IN/c1-8(9)4-7-10-5-2-3-6-10/h8H,2-7H2,1H3. The first-order valence-corrected chi connectivity index (χ1v) is 5.40. The molecule has 1 atom stereocenters. The largest absolute Gasteiger partial charge is 0.303 e. The van der Waals surface area contributed by atoms with Crippen molar-refractivity contribution in [1.82, 2.24) is 4.90 Å². The molecule has 1 aliphatic heterocycles. The Kier molecular flexibility index (Phi) is 3.99. The Labute approximate surface area is 77.3 Å². The fourth-order valence-corrected chi connectivity index (χ4v) is 1.65. The van der Waals surface area contributed by atoms with Gasteiger partial charge in [0, 0.05) is 3.92 Å². The SMILES string of the molecule is CC(I)CCN1CCCC1. The topological polar surface area (TPSA) is 3.24 Å². The summed E-state index contributed by atoms with van der Waals surface area (Å²) in [6, 6.07) is 0. The maximum Gasteiger partial charge on any atom is 0.00934 e. The van der Waals surface area contributed by atoms with E-state index in [-0.39, 0.29) is 0 Å². The Morgan fingerprint density at radius 3 is 2.50 bits per heavy atom. The van der Waals surface area contributed by atoms with Crippen LogP contribution >= 0.6 is 22.6 Å². The molecule has 2 heteroatoms. The van der Waals surface area contributed by atoms with Gasteiger partial charge in [0.1, 0.15) is 0 Å². The Morgan fingerprint density at radius 1 is 1.40 bits per heavy atom. The summed E-state index contributed by atoms with van der Waals surface area (Å²) in [6.45, 7) is 6.31. The lowest BCUT2D eigenvalue weighted by Gasteiger charge is -2.14. The minimum Gasteiger partial charge on any atom is -0.303 e. The van der Waals surface area contributed by atoms with Crippen LogP contribution in [0.3, 0.4) is 0 Å². The summed E-state index contributed by atoms with van der Waals surface area (Å²) >= 11 is 2.50. The van der Waals surface area contributed by atoms with E-state index in [0.717, 1.165) is 3.92 Å².